The number of esters is 1. The lowest BCUT2D eigenvalue weighted by molar-refractivity contribution is -0.136. The van der Waals surface area contributed by atoms with E-state index in [1.807, 2.05) is 27.7 Å². The van der Waals surface area contributed by atoms with Gasteiger partial charge in [-0.15, -0.1) is 0 Å². The lowest BCUT2D eigenvalue weighted by Crippen LogP contribution is -2.38. The van der Waals surface area contributed by atoms with Gasteiger partial charge in [-0.2, -0.15) is 0 Å². The zero-order chi connectivity index (χ0) is 15.3. The molecule has 0 radical (unpaired) electrons. The third-order valence-electron chi connectivity index (χ3n) is 2.96. The third-order valence-corrected chi connectivity index (χ3v) is 2.96. The number of hydrogen-bond acceptors (Lipinski definition) is 5. The fourth-order valence-electron chi connectivity index (χ4n) is 1.77. The van der Waals surface area contributed by atoms with Gasteiger partial charge in [-0.1, -0.05) is 13.8 Å². The predicted octanol–water partition coefficient (Wildman–Crippen LogP) is 2.17. The van der Waals surface area contributed by atoms with E-state index < -0.39 is 12.0 Å². The van der Waals surface area contributed by atoms with Crippen LogP contribution in [0.15, 0.2) is 12.1 Å². The molecule has 1 aromatic carbocycles. The molecule has 0 bridgehead atoms. The Bertz CT molecular complexity index is 448. The Morgan fingerprint density at radius 1 is 1.25 bits per heavy atom. The molecule has 0 saturated carbocycles. The molecule has 5 nitrogen and oxygen atoms in total. The lowest BCUT2D eigenvalue weighted by atomic mass is 10.1. The highest BCUT2D eigenvalue weighted by Gasteiger charge is 2.20. The van der Waals surface area contributed by atoms with Crippen LogP contribution in [-0.2, 0) is 9.53 Å². The van der Waals surface area contributed by atoms with Crippen molar-refractivity contribution >= 4 is 5.97 Å². The maximum absolute atomic E-state index is 11.8. The van der Waals surface area contributed by atoms with E-state index in [-0.39, 0.29) is 12.7 Å². The Morgan fingerprint density at radius 3 is 2.25 bits per heavy atom. The van der Waals surface area contributed by atoms with Gasteiger partial charge in [-0.05, 0) is 43.0 Å². The van der Waals surface area contributed by atoms with Gasteiger partial charge in [0.2, 0.25) is 0 Å². The maximum atomic E-state index is 11.8. The molecule has 1 aromatic rings. The normalized spacial score (nSPS) is 12.3. The van der Waals surface area contributed by atoms with Crippen LogP contribution < -0.4 is 15.2 Å². The van der Waals surface area contributed by atoms with Crippen molar-refractivity contribution in [1.29, 1.82) is 0 Å². The van der Waals surface area contributed by atoms with Crippen molar-refractivity contribution in [2.24, 2.45) is 11.7 Å². The van der Waals surface area contributed by atoms with Crippen LogP contribution in [0.3, 0.4) is 0 Å². The molecule has 5 heteroatoms. The Balaban J connectivity index is 2.86. The van der Waals surface area contributed by atoms with E-state index in [1.54, 1.807) is 19.2 Å². The van der Waals surface area contributed by atoms with Crippen molar-refractivity contribution in [3.63, 3.8) is 0 Å². The van der Waals surface area contributed by atoms with Crippen molar-refractivity contribution in [2.45, 2.75) is 33.7 Å². The topological polar surface area (TPSA) is 70.8 Å². The van der Waals surface area contributed by atoms with Gasteiger partial charge in [0.1, 0.15) is 17.5 Å². The minimum Gasteiger partial charge on any atom is -0.467 e. The van der Waals surface area contributed by atoms with Crippen LogP contribution in [-0.4, -0.2) is 25.9 Å². The summed E-state index contributed by atoms with van der Waals surface area (Å²) in [4.78, 5) is 11.8. The number of rotatable bonds is 6. The first-order chi connectivity index (χ1) is 9.36. The van der Waals surface area contributed by atoms with Crippen LogP contribution in [0.5, 0.6) is 11.5 Å². The number of methoxy groups -OCH3 is 1. The summed E-state index contributed by atoms with van der Waals surface area (Å²) in [5.41, 5.74) is 7.52. The monoisotopic (exact) mass is 281 g/mol. The number of hydrogen-bond donors (Lipinski definition) is 1. The number of aryl methyl sites for hydroxylation is 2. The second kappa shape index (κ2) is 7.26. The fourth-order valence-corrected chi connectivity index (χ4v) is 1.77. The molecule has 0 aliphatic rings. The van der Waals surface area contributed by atoms with Crippen molar-refractivity contribution < 1.29 is 19.0 Å². The summed E-state index contributed by atoms with van der Waals surface area (Å²) in [6, 6.07) is 2.88. The van der Waals surface area contributed by atoms with E-state index in [9.17, 15) is 4.79 Å². The van der Waals surface area contributed by atoms with Crippen LogP contribution in [0.4, 0.5) is 0 Å². The van der Waals surface area contributed by atoms with Crippen LogP contribution in [0.1, 0.15) is 25.0 Å². The summed E-state index contributed by atoms with van der Waals surface area (Å²) >= 11 is 0. The summed E-state index contributed by atoms with van der Waals surface area (Å²) in [7, 11) is 1.56. The summed E-state index contributed by atoms with van der Waals surface area (Å²) in [6.45, 7) is 7.71. The molecule has 20 heavy (non-hydrogen) atoms. The molecule has 0 aromatic heterocycles. The van der Waals surface area contributed by atoms with E-state index >= 15 is 0 Å². The SMILES string of the molecule is COCOc1c(C)cc(OC(=O)[C@@H](N)C(C)C)cc1C. The first-order valence-electron chi connectivity index (χ1n) is 6.57. The second-order valence-electron chi connectivity index (χ2n) is 5.13. The van der Waals surface area contributed by atoms with Crippen LogP contribution in [0.2, 0.25) is 0 Å². The molecule has 0 spiro atoms. The van der Waals surface area contributed by atoms with Gasteiger partial charge < -0.3 is 19.9 Å². The van der Waals surface area contributed by atoms with E-state index in [4.69, 9.17) is 19.9 Å². The van der Waals surface area contributed by atoms with Gasteiger partial charge in [0.25, 0.3) is 0 Å². The van der Waals surface area contributed by atoms with E-state index in [1.165, 1.54) is 0 Å². The first kappa shape index (κ1) is 16.5. The Labute approximate surface area is 120 Å². The lowest BCUT2D eigenvalue weighted by Gasteiger charge is -2.16. The van der Waals surface area contributed by atoms with Crippen LogP contribution >= 0.6 is 0 Å². The fraction of sp³-hybridized carbons (Fsp3) is 0.533. The maximum Gasteiger partial charge on any atom is 0.328 e. The van der Waals surface area contributed by atoms with Gasteiger partial charge in [0, 0.05) is 7.11 Å². The van der Waals surface area contributed by atoms with Gasteiger partial charge in [-0.25, -0.2) is 4.79 Å². The third kappa shape index (κ3) is 4.21. The summed E-state index contributed by atoms with van der Waals surface area (Å²) in [6.07, 6.45) is 0. The highest BCUT2D eigenvalue weighted by Crippen LogP contribution is 2.28. The standard InChI is InChI=1S/C15H23NO4/c1-9(2)13(16)15(17)20-12-6-10(3)14(11(4)7-12)19-8-18-5/h6-7,9,13H,8,16H2,1-5H3/t13-/m0/s1. The molecule has 0 amide bonds. The molecular formula is C15H23NO4. The number of carbonyl (C=O) groups is 1. The average molecular weight is 281 g/mol. The quantitative estimate of drug-likeness (QED) is 0.491. The van der Waals surface area contributed by atoms with Crippen molar-refractivity contribution in [3.05, 3.63) is 23.3 Å². The Hall–Kier alpha value is -1.59. The molecule has 2 N–H and O–H groups in total. The van der Waals surface area contributed by atoms with Crippen molar-refractivity contribution in [2.75, 3.05) is 13.9 Å². The van der Waals surface area contributed by atoms with Crippen LogP contribution in [0.25, 0.3) is 0 Å². The van der Waals surface area contributed by atoms with Gasteiger partial charge in [0.15, 0.2) is 6.79 Å². The summed E-state index contributed by atoms with van der Waals surface area (Å²) in [5, 5.41) is 0. The van der Waals surface area contributed by atoms with E-state index in [2.05, 4.69) is 0 Å². The highest BCUT2D eigenvalue weighted by atomic mass is 16.7. The van der Waals surface area contributed by atoms with Crippen molar-refractivity contribution in [3.8, 4) is 11.5 Å². The number of carbonyl (C=O) groups excluding carboxylic acids is 1. The minimum atomic E-state index is -0.625. The summed E-state index contributed by atoms with van der Waals surface area (Å²) in [5.74, 6) is 0.823. The smallest absolute Gasteiger partial charge is 0.328 e. The van der Waals surface area contributed by atoms with Gasteiger partial charge in [0.05, 0.1) is 0 Å². The Morgan fingerprint density at radius 2 is 1.80 bits per heavy atom. The molecule has 0 aliphatic heterocycles. The minimum absolute atomic E-state index is 0.0361. The van der Waals surface area contributed by atoms with Crippen LogP contribution in [0, 0.1) is 19.8 Å². The molecule has 112 valence electrons. The Kier molecular flexibility index (Phi) is 5.98. The second-order valence-corrected chi connectivity index (χ2v) is 5.13. The number of ether oxygens (including phenoxy) is 3. The van der Waals surface area contributed by atoms with E-state index in [0.29, 0.717) is 5.75 Å². The van der Waals surface area contributed by atoms with Gasteiger partial charge in [-0.3, -0.25) is 0 Å². The molecule has 0 aliphatic carbocycles. The molecule has 0 fully saturated rings. The molecule has 0 heterocycles. The highest BCUT2D eigenvalue weighted by molar-refractivity contribution is 5.78. The molecular weight excluding hydrogens is 258 g/mol. The first-order valence-corrected chi connectivity index (χ1v) is 6.57. The van der Waals surface area contributed by atoms with E-state index in [0.717, 1.165) is 16.9 Å². The molecule has 1 atom stereocenters. The number of nitrogens with two attached hydrogens (primary N) is 1. The zero-order valence-corrected chi connectivity index (χ0v) is 12.7. The van der Waals surface area contributed by atoms with Gasteiger partial charge >= 0.3 is 5.97 Å². The predicted molar refractivity (Wildman–Crippen MR) is 76.9 cm³/mol. The molecule has 1 rings (SSSR count). The largest absolute Gasteiger partial charge is 0.467 e. The number of benzene rings is 1. The summed E-state index contributed by atoms with van der Waals surface area (Å²) < 4.78 is 15.7. The molecule has 0 unspecified atom stereocenters. The molecule has 0 saturated heterocycles. The zero-order valence-electron chi connectivity index (χ0n) is 12.7. The average Bonchev–Trinajstić information content (AvgIpc) is 2.36. The van der Waals surface area contributed by atoms with Crippen molar-refractivity contribution in [1.82, 2.24) is 0 Å².